The van der Waals surface area contributed by atoms with Crippen LogP contribution in [0.2, 0.25) is 0 Å². The number of benzene rings is 4. The zero-order valence-corrected chi connectivity index (χ0v) is 21.9. The second-order valence-electron chi connectivity index (χ2n) is 9.24. The molecule has 198 valence electrons. The van der Waals surface area contributed by atoms with E-state index in [4.69, 9.17) is 14.2 Å². The van der Waals surface area contributed by atoms with Crippen molar-refractivity contribution < 1.29 is 23.8 Å². The molecule has 1 unspecified atom stereocenters. The van der Waals surface area contributed by atoms with Gasteiger partial charge in [0.15, 0.2) is 0 Å². The van der Waals surface area contributed by atoms with Gasteiger partial charge in [0, 0.05) is 11.6 Å². The second kappa shape index (κ2) is 11.3. The summed E-state index contributed by atoms with van der Waals surface area (Å²) in [4.78, 5) is 28.6. The van der Waals surface area contributed by atoms with E-state index in [1.165, 1.54) is 0 Å². The average molecular weight is 523 g/mol. The Labute approximate surface area is 227 Å². The molecule has 2 amide bonds. The summed E-state index contributed by atoms with van der Waals surface area (Å²) in [5, 5.41) is 2.88. The number of ether oxygens (including phenoxy) is 3. The lowest BCUT2D eigenvalue weighted by Gasteiger charge is -2.58. The Bertz CT molecular complexity index is 1390. The van der Waals surface area contributed by atoms with Gasteiger partial charge in [-0.15, -0.1) is 0 Å². The molecule has 1 saturated heterocycles. The number of β-lactam (4-membered cyclic amide) rings is 1. The minimum absolute atomic E-state index is 0.101. The zero-order chi connectivity index (χ0) is 27.2. The first-order chi connectivity index (χ1) is 19.1. The topological polar surface area (TPSA) is 77.1 Å². The number of methoxy groups -OCH3 is 2. The van der Waals surface area contributed by atoms with Gasteiger partial charge in [-0.3, -0.25) is 4.79 Å². The van der Waals surface area contributed by atoms with E-state index in [9.17, 15) is 9.59 Å². The van der Waals surface area contributed by atoms with Crippen LogP contribution < -0.4 is 14.8 Å². The number of alkyl carbamates (subject to hydrolysis) is 1. The molecule has 0 saturated carbocycles. The van der Waals surface area contributed by atoms with E-state index in [0.29, 0.717) is 11.5 Å². The van der Waals surface area contributed by atoms with Crippen molar-refractivity contribution in [2.24, 2.45) is 0 Å². The molecule has 4 aromatic carbocycles. The molecular weight excluding hydrogens is 492 g/mol. The van der Waals surface area contributed by atoms with Crippen LogP contribution in [0.3, 0.4) is 0 Å². The van der Waals surface area contributed by atoms with E-state index in [2.05, 4.69) is 5.32 Å². The molecule has 1 aliphatic rings. The molecule has 1 N–H and O–H groups in total. The number of nitrogens with one attached hydrogen (secondary N) is 1. The van der Waals surface area contributed by atoms with Crippen LogP contribution in [0.25, 0.3) is 0 Å². The maximum absolute atomic E-state index is 13.9. The largest absolute Gasteiger partial charge is 0.497 e. The number of carbonyl (C=O) groups excluding carboxylic acids is 2. The lowest BCUT2D eigenvalue weighted by Crippen LogP contribution is -2.77. The molecular formula is C32H30N2O5. The minimum Gasteiger partial charge on any atom is -0.497 e. The minimum atomic E-state index is -0.976. The third kappa shape index (κ3) is 4.91. The van der Waals surface area contributed by atoms with E-state index >= 15 is 0 Å². The Kier molecular flexibility index (Phi) is 7.50. The highest BCUT2D eigenvalue weighted by Crippen LogP contribution is 2.48. The number of nitrogens with zero attached hydrogens (tertiary/aromatic N) is 1. The van der Waals surface area contributed by atoms with Gasteiger partial charge in [-0.2, -0.15) is 0 Å². The molecule has 1 heterocycles. The van der Waals surface area contributed by atoms with Gasteiger partial charge in [-0.1, -0.05) is 91.0 Å². The summed E-state index contributed by atoms with van der Waals surface area (Å²) in [7, 11) is 3.18. The van der Waals surface area contributed by atoms with E-state index in [-0.39, 0.29) is 19.1 Å². The molecule has 0 radical (unpaired) electrons. The Morgan fingerprint density at radius 1 is 0.821 bits per heavy atom. The monoisotopic (exact) mass is 522 g/mol. The maximum atomic E-state index is 13.9. The Balaban J connectivity index is 1.53. The predicted molar refractivity (Wildman–Crippen MR) is 147 cm³/mol. The Morgan fingerprint density at radius 2 is 1.41 bits per heavy atom. The lowest BCUT2D eigenvalue weighted by molar-refractivity contribution is -0.162. The van der Waals surface area contributed by atoms with E-state index in [0.717, 1.165) is 22.3 Å². The zero-order valence-electron chi connectivity index (χ0n) is 21.9. The summed E-state index contributed by atoms with van der Waals surface area (Å²) < 4.78 is 16.5. The number of hydrogen-bond donors (Lipinski definition) is 1. The molecule has 0 aromatic heterocycles. The van der Waals surface area contributed by atoms with Crippen molar-refractivity contribution in [3.05, 3.63) is 131 Å². The normalized spacial score (nSPS) is 15.7. The molecule has 0 bridgehead atoms. The van der Waals surface area contributed by atoms with E-state index in [1.807, 2.05) is 103 Å². The molecule has 5 rings (SSSR count). The van der Waals surface area contributed by atoms with Crippen LogP contribution in [0.1, 0.15) is 22.3 Å². The van der Waals surface area contributed by atoms with Gasteiger partial charge in [0.2, 0.25) is 5.91 Å². The van der Waals surface area contributed by atoms with Crippen LogP contribution in [0.15, 0.2) is 109 Å². The van der Waals surface area contributed by atoms with Gasteiger partial charge in [0.05, 0.1) is 20.8 Å². The van der Waals surface area contributed by atoms with Crippen LogP contribution in [0, 0.1) is 0 Å². The van der Waals surface area contributed by atoms with Crippen LogP contribution in [0.4, 0.5) is 4.79 Å². The number of hydrogen-bond acceptors (Lipinski definition) is 5. The highest BCUT2D eigenvalue weighted by molar-refractivity contribution is 5.96. The molecule has 0 spiro atoms. The first-order valence-corrected chi connectivity index (χ1v) is 12.7. The second-order valence-corrected chi connectivity index (χ2v) is 9.24. The van der Waals surface area contributed by atoms with Gasteiger partial charge in [0.1, 0.15) is 29.7 Å². The van der Waals surface area contributed by atoms with E-state index < -0.39 is 17.7 Å². The average Bonchev–Trinajstić information content (AvgIpc) is 3.00. The van der Waals surface area contributed by atoms with Crippen molar-refractivity contribution in [1.29, 1.82) is 0 Å². The highest BCUT2D eigenvalue weighted by atomic mass is 16.5. The fourth-order valence-corrected chi connectivity index (χ4v) is 5.20. The first kappa shape index (κ1) is 25.9. The fourth-order valence-electron chi connectivity index (χ4n) is 5.20. The summed E-state index contributed by atoms with van der Waals surface area (Å²) in [5.74, 6) is 1.04. The van der Waals surface area contributed by atoms with Crippen molar-refractivity contribution >= 4 is 12.0 Å². The predicted octanol–water partition coefficient (Wildman–Crippen LogP) is 5.28. The van der Waals surface area contributed by atoms with Crippen molar-refractivity contribution in [3.63, 3.8) is 0 Å². The molecule has 39 heavy (non-hydrogen) atoms. The molecule has 4 aromatic rings. The molecule has 0 aliphatic carbocycles. The molecule has 7 heteroatoms. The summed E-state index contributed by atoms with van der Waals surface area (Å²) in [6.07, 6.45) is -0.657. The number of carbonyl (C=O) groups is 2. The SMILES string of the molecule is COc1ccc(CN2C(=O)C(NC(=O)OCc3ccccc3)C2(c2ccccc2)c2ccccc2)c(OC)c1. The summed E-state index contributed by atoms with van der Waals surface area (Å²) in [5.41, 5.74) is 2.44. The van der Waals surface area contributed by atoms with Crippen LogP contribution in [-0.2, 0) is 28.2 Å². The summed E-state index contributed by atoms with van der Waals surface area (Å²) >= 11 is 0. The lowest BCUT2D eigenvalue weighted by atomic mass is 9.68. The van der Waals surface area contributed by atoms with Gasteiger partial charge in [-0.25, -0.2) is 4.79 Å². The highest BCUT2D eigenvalue weighted by Gasteiger charge is 2.62. The Morgan fingerprint density at radius 3 is 1.97 bits per heavy atom. The van der Waals surface area contributed by atoms with Gasteiger partial charge in [0.25, 0.3) is 0 Å². The summed E-state index contributed by atoms with van der Waals surface area (Å²) in [6.45, 7) is 0.358. The Hall–Kier alpha value is -4.78. The summed E-state index contributed by atoms with van der Waals surface area (Å²) in [6, 6.07) is 33.5. The molecule has 1 aliphatic heterocycles. The maximum Gasteiger partial charge on any atom is 0.408 e. The van der Waals surface area contributed by atoms with Gasteiger partial charge in [-0.05, 0) is 28.8 Å². The fraction of sp³-hybridized carbons (Fsp3) is 0.188. The number of likely N-dealkylation sites (tertiary alicyclic amines) is 1. The smallest absolute Gasteiger partial charge is 0.408 e. The standard InChI is InChI=1S/C32H30N2O5/c1-37-27-19-18-24(28(20-27)38-2)21-34-30(35)29(33-31(36)39-22-23-12-6-3-7-13-23)32(34,25-14-8-4-9-15-25)26-16-10-5-11-17-26/h3-20,29H,21-22H2,1-2H3,(H,33,36). The van der Waals surface area contributed by atoms with Crippen molar-refractivity contribution in [2.45, 2.75) is 24.7 Å². The quantitative estimate of drug-likeness (QED) is 0.303. The van der Waals surface area contributed by atoms with Crippen LogP contribution in [0.5, 0.6) is 11.5 Å². The molecule has 1 atom stereocenters. The number of rotatable bonds is 9. The van der Waals surface area contributed by atoms with Gasteiger partial charge < -0.3 is 24.4 Å². The van der Waals surface area contributed by atoms with Crippen LogP contribution >= 0.6 is 0 Å². The van der Waals surface area contributed by atoms with Crippen LogP contribution in [-0.4, -0.2) is 37.2 Å². The number of amides is 2. The van der Waals surface area contributed by atoms with Crippen molar-refractivity contribution in [2.75, 3.05) is 14.2 Å². The third-order valence-corrected chi connectivity index (χ3v) is 7.08. The van der Waals surface area contributed by atoms with Crippen molar-refractivity contribution in [3.8, 4) is 11.5 Å². The molecule has 1 fully saturated rings. The van der Waals surface area contributed by atoms with E-state index in [1.54, 1.807) is 25.2 Å². The van der Waals surface area contributed by atoms with Gasteiger partial charge >= 0.3 is 6.09 Å². The third-order valence-electron chi connectivity index (χ3n) is 7.08. The first-order valence-electron chi connectivity index (χ1n) is 12.7. The molecule has 7 nitrogen and oxygen atoms in total. The van der Waals surface area contributed by atoms with Crippen molar-refractivity contribution in [1.82, 2.24) is 10.2 Å².